The van der Waals surface area contributed by atoms with E-state index in [9.17, 15) is 0 Å². The van der Waals surface area contributed by atoms with E-state index in [1.807, 2.05) is 0 Å². The van der Waals surface area contributed by atoms with Crippen LogP contribution in [0, 0.1) is 0 Å². The Hall–Kier alpha value is 0.631. The first-order chi connectivity index (χ1) is 3.46. The number of rotatable bonds is 0. The first-order valence-electron chi connectivity index (χ1n) is 1.30. The summed E-state index contributed by atoms with van der Waals surface area (Å²) in [5, 5.41) is 27.9. The van der Waals surface area contributed by atoms with E-state index in [-0.39, 0.29) is 69.2 Å². The van der Waals surface area contributed by atoms with Gasteiger partial charge in [-0.15, -0.1) is 0 Å². The second-order valence-electron chi connectivity index (χ2n) is 0.565. The molecule has 11 heavy (non-hydrogen) atoms. The molecule has 0 atom stereocenters. The maximum atomic E-state index is 8.56. The Kier molecular flexibility index (Phi) is 61.0. The van der Waals surface area contributed by atoms with Crippen molar-refractivity contribution in [3.05, 3.63) is 0 Å². The van der Waals surface area contributed by atoms with Crippen LogP contribution in [0.5, 0.6) is 0 Å². The Balaban J connectivity index is -0.0000000171. The van der Waals surface area contributed by atoms with Gasteiger partial charge in [0.2, 0.25) is 0 Å². The molecule has 0 aromatic heterocycles. The average Bonchev–Trinajstić information content (AvgIpc) is 1.25. The third-order valence-corrected chi connectivity index (χ3v) is 0. The molecule has 0 amide bonds. The molecule has 0 saturated heterocycles. The predicted molar refractivity (Wildman–Crippen MR) is 48.3 cm³/mol. The molecule has 0 unspecified atom stereocenters. The van der Waals surface area contributed by atoms with Crippen LogP contribution in [0.3, 0.4) is 0 Å². The zero-order chi connectivity index (χ0) is 7.15. The summed E-state index contributed by atoms with van der Waals surface area (Å²) < 4.78 is 0. The number of hydrogen-bond acceptors (Lipinski definition) is 2. The van der Waals surface area contributed by atoms with Crippen molar-refractivity contribution in [2.75, 3.05) is 0 Å². The summed E-state index contributed by atoms with van der Waals surface area (Å²) >= 11 is 0. The van der Waals surface area contributed by atoms with Crippen LogP contribution in [-0.4, -0.2) is 102 Å². The second kappa shape index (κ2) is 22.4. The number of carbonyl (C=O) groups is 2. The molecule has 0 radical (unpaired) electrons. The van der Waals surface area contributed by atoms with Gasteiger partial charge in [-0.05, 0) is 0 Å². The molecule has 0 rings (SSSR count). The molecule has 6 nitrogen and oxygen atoms in total. The van der Waals surface area contributed by atoms with Crippen LogP contribution in [-0.2, 0) is 0 Å². The maximum Gasteiger partial charge on any atom is 0.316 e. The van der Waals surface area contributed by atoms with Gasteiger partial charge in [0.15, 0.2) is 0 Å². The minimum atomic E-state index is -1.83. The van der Waals surface area contributed by atoms with Gasteiger partial charge in [0.1, 0.15) is 0 Å². The average molecular weight is 206 g/mol. The molecule has 0 heterocycles. The van der Waals surface area contributed by atoms with Gasteiger partial charge in [-0.2, -0.15) is 0 Å². The van der Waals surface area contributed by atoms with E-state index in [1.54, 1.807) is 0 Å². The Labute approximate surface area is 110 Å². The molecule has 62 valence electrons. The van der Waals surface area contributed by atoms with Gasteiger partial charge in [-0.3, -0.25) is 0 Å². The summed E-state index contributed by atoms with van der Waals surface area (Å²) in [5.41, 5.74) is 0. The monoisotopic (exact) mass is 206 g/mol. The van der Waals surface area contributed by atoms with Gasteiger partial charge < -0.3 is 20.4 Å². The van der Waals surface area contributed by atoms with E-state index in [0.29, 0.717) is 0 Å². The van der Waals surface area contributed by atoms with Gasteiger partial charge in [0.05, 0.1) is 8.41 Å². The normalized spacial score (nSPS) is 4.36. The van der Waals surface area contributed by atoms with E-state index >= 15 is 0 Å². The molecule has 0 aliphatic carbocycles. The molecule has 0 saturated carbocycles. The second-order valence-corrected chi connectivity index (χ2v) is 0.565. The minimum Gasteiger partial charge on any atom is 0.316 e. The van der Waals surface area contributed by atoms with Gasteiger partial charge in [0.25, 0.3) is 0 Å². The van der Waals surface area contributed by atoms with E-state index in [4.69, 9.17) is 30.0 Å². The molecular formula is C2H11BCaMgO6. The first-order valence-corrected chi connectivity index (χ1v) is 1.30. The minimum absolute atomic E-state index is 0. The Morgan fingerprint density at radius 1 is 0.818 bits per heavy atom. The van der Waals surface area contributed by atoms with Gasteiger partial charge in [-0.1, -0.05) is 0 Å². The van der Waals surface area contributed by atoms with Crippen molar-refractivity contribution in [1.82, 2.24) is 0 Å². The molecule has 0 aliphatic rings. The smallest absolute Gasteiger partial charge is 0.316 e. The zero-order valence-electron chi connectivity index (χ0n) is 3.61. The van der Waals surface area contributed by atoms with Crippen molar-refractivity contribution in [3.8, 4) is 0 Å². The summed E-state index contributed by atoms with van der Waals surface area (Å²) in [4.78, 5) is 17.1. The quantitative estimate of drug-likeness (QED) is 0.324. The van der Waals surface area contributed by atoms with Crippen LogP contribution in [0.15, 0.2) is 0 Å². The third-order valence-electron chi connectivity index (χ3n) is 0. The van der Waals surface area contributed by atoms with E-state index in [0.717, 1.165) is 0 Å². The number of carboxylic acid groups (broad SMARTS) is 4. The van der Waals surface area contributed by atoms with E-state index in [2.05, 4.69) is 0 Å². The molecular weight excluding hydrogens is 195 g/mol. The standard InChI is InChI=1S/2CH2O3.BH3.Ca.Mg.4H/c2*2-1(3)4;;;;;;;/h2*(H2,2,3,4);1H3;;;;;;. The summed E-state index contributed by atoms with van der Waals surface area (Å²) in [6.07, 6.45) is -3.67. The van der Waals surface area contributed by atoms with Crippen LogP contribution >= 0.6 is 0 Å². The molecule has 0 spiro atoms. The molecule has 0 aliphatic heterocycles. The fourth-order valence-corrected chi connectivity index (χ4v) is 0. The molecule has 0 aromatic rings. The molecule has 4 N–H and O–H groups in total. The predicted octanol–water partition coefficient (Wildman–Crippen LogP) is -2.57. The topological polar surface area (TPSA) is 115 Å². The third kappa shape index (κ3) is 1990. The van der Waals surface area contributed by atoms with Crippen LogP contribution in [0.25, 0.3) is 0 Å². The largest absolute Gasteiger partial charge is 0.316 e. The van der Waals surface area contributed by atoms with Crippen molar-refractivity contribution in [3.63, 3.8) is 0 Å². The van der Waals surface area contributed by atoms with Crippen LogP contribution in [0.4, 0.5) is 9.59 Å². The van der Waals surface area contributed by atoms with Crippen molar-refractivity contribution in [2.45, 2.75) is 0 Å². The fraction of sp³-hybridized carbons (Fsp3) is 0. The summed E-state index contributed by atoms with van der Waals surface area (Å²) in [6.45, 7) is 0. The van der Waals surface area contributed by atoms with Crippen LogP contribution < -0.4 is 0 Å². The van der Waals surface area contributed by atoms with Crippen molar-refractivity contribution in [1.29, 1.82) is 0 Å². The summed E-state index contributed by atoms with van der Waals surface area (Å²) in [5.74, 6) is 0. The van der Waals surface area contributed by atoms with Crippen LogP contribution in [0.2, 0.25) is 0 Å². The Morgan fingerprint density at radius 3 is 0.818 bits per heavy atom. The molecule has 9 heteroatoms. The number of hydrogen-bond donors (Lipinski definition) is 4. The molecule has 0 fully saturated rings. The van der Waals surface area contributed by atoms with Crippen LogP contribution in [0.1, 0.15) is 0 Å². The Bertz CT molecular complexity index is 78.6. The van der Waals surface area contributed by atoms with Crippen molar-refractivity contribution in [2.24, 2.45) is 0 Å². The fourth-order valence-electron chi connectivity index (χ4n) is 0. The first kappa shape index (κ1) is 29.9. The zero-order valence-corrected chi connectivity index (χ0v) is 3.61. The van der Waals surface area contributed by atoms with Crippen molar-refractivity contribution >= 4 is 81.5 Å². The van der Waals surface area contributed by atoms with E-state index in [1.165, 1.54) is 0 Å². The summed E-state index contributed by atoms with van der Waals surface area (Å²) in [6, 6.07) is 0. The van der Waals surface area contributed by atoms with Gasteiger partial charge in [-0.25, -0.2) is 9.59 Å². The van der Waals surface area contributed by atoms with E-state index < -0.39 is 12.3 Å². The van der Waals surface area contributed by atoms with Crippen molar-refractivity contribution < 1.29 is 30.0 Å². The molecule has 0 bridgehead atoms. The van der Waals surface area contributed by atoms with Gasteiger partial charge in [0, 0.05) is 0 Å². The SMILES string of the molecule is B.O=C(O)O.O=C(O)O.[CaH2].[MgH2]. The Morgan fingerprint density at radius 2 is 0.818 bits per heavy atom. The summed E-state index contributed by atoms with van der Waals surface area (Å²) in [7, 11) is 0. The molecule has 0 aromatic carbocycles. The van der Waals surface area contributed by atoms with Gasteiger partial charge >= 0.3 is 73.1 Å². The maximum absolute atomic E-state index is 8.56.